The Labute approximate surface area is 149 Å². The standard InChI is InChI=1S/C21H27NO3/c1-21(24,18-9-11-19(25-2)12-10-18)20-4-3-13-22(20)14-16-5-7-17(15-23)8-6-16/h5-12,20,23-24H,3-4,13-15H2,1-2H3/t20-,21-/m1/s1. The van der Waals surface area contributed by atoms with Crippen LogP contribution in [-0.2, 0) is 18.8 Å². The average molecular weight is 341 g/mol. The van der Waals surface area contributed by atoms with E-state index in [0.29, 0.717) is 0 Å². The minimum absolute atomic E-state index is 0.0683. The van der Waals surface area contributed by atoms with Gasteiger partial charge in [-0.25, -0.2) is 0 Å². The van der Waals surface area contributed by atoms with Crippen LogP contribution in [0.3, 0.4) is 0 Å². The number of hydrogen-bond donors (Lipinski definition) is 2. The number of likely N-dealkylation sites (tertiary alicyclic amines) is 1. The number of nitrogens with zero attached hydrogens (tertiary/aromatic N) is 1. The maximum Gasteiger partial charge on any atom is 0.118 e. The number of ether oxygens (including phenoxy) is 1. The molecule has 0 radical (unpaired) electrons. The zero-order valence-electron chi connectivity index (χ0n) is 15.0. The minimum Gasteiger partial charge on any atom is -0.497 e. The molecular weight excluding hydrogens is 314 g/mol. The van der Waals surface area contributed by atoms with Gasteiger partial charge in [0, 0.05) is 12.6 Å². The van der Waals surface area contributed by atoms with Gasteiger partial charge in [0.15, 0.2) is 0 Å². The van der Waals surface area contributed by atoms with Crippen LogP contribution in [0.5, 0.6) is 5.75 Å². The van der Waals surface area contributed by atoms with Crippen molar-refractivity contribution in [2.45, 2.75) is 44.6 Å². The van der Waals surface area contributed by atoms with Gasteiger partial charge in [0.1, 0.15) is 11.4 Å². The van der Waals surface area contributed by atoms with Crippen molar-refractivity contribution in [3.05, 3.63) is 65.2 Å². The molecule has 25 heavy (non-hydrogen) atoms. The summed E-state index contributed by atoms with van der Waals surface area (Å²) >= 11 is 0. The molecule has 4 nitrogen and oxygen atoms in total. The molecule has 0 saturated carbocycles. The SMILES string of the molecule is COc1ccc([C@@](C)(O)[C@H]2CCCN2Cc2ccc(CO)cc2)cc1. The molecule has 2 N–H and O–H groups in total. The molecule has 134 valence electrons. The second-order valence-electron chi connectivity index (χ2n) is 6.98. The van der Waals surface area contributed by atoms with Gasteiger partial charge in [-0.15, -0.1) is 0 Å². The second-order valence-corrected chi connectivity index (χ2v) is 6.98. The van der Waals surface area contributed by atoms with E-state index in [-0.39, 0.29) is 12.6 Å². The highest BCUT2D eigenvalue weighted by Crippen LogP contribution is 2.36. The molecule has 1 saturated heterocycles. The fourth-order valence-corrected chi connectivity index (χ4v) is 3.76. The van der Waals surface area contributed by atoms with E-state index >= 15 is 0 Å². The predicted octanol–water partition coefficient (Wildman–Crippen LogP) is 3.06. The van der Waals surface area contributed by atoms with Crippen molar-refractivity contribution in [1.82, 2.24) is 4.90 Å². The molecule has 0 bridgehead atoms. The van der Waals surface area contributed by atoms with Gasteiger partial charge in [-0.05, 0) is 55.1 Å². The highest BCUT2D eigenvalue weighted by atomic mass is 16.5. The van der Waals surface area contributed by atoms with Crippen molar-refractivity contribution in [3.63, 3.8) is 0 Å². The summed E-state index contributed by atoms with van der Waals surface area (Å²) in [4.78, 5) is 2.36. The number of rotatable bonds is 6. The van der Waals surface area contributed by atoms with Crippen LogP contribution in [0, 0.1) is 0 Å². The van der Waals surface area contributed by atoms with Crippen LogP contribution in [0.1, 0.15) is 36.5 Å². The van der Waals surface area contributed by atoms with Gasteiger partial charge >= 0.3 is 0 Å². The summed E-state index contributed by atoms with van der Waals surface area (Å²) in [7, 11) is 1.65. The molecule has 2 aromatic rings. The summed E-state index contributed by atoms with van der Waals surface area (Å²) in [6, 6.07) is 15.8. The van der Waals surface area contributed by atoms with Gasteiger partial charge < -0.3 is 14.9 Å². The summed E-state index contributed by atoms with van der Waals surface area (Å²) in [6.45, 7) is 3.77. The first-order valence-electron chi connectivity index (χ1n) is 8.84. The molecular formula is C21H27NO3. The normalized spacial score (nSPS) is 20.4. The third-order valence-corrected chi connectivity index (χ3v) is 5.28. The summed E-state index contributed by atoms with van der Waals surface area (Å²) < 4.78 is 5.22. The van der Waals surface area contributed by atoms with Crippen LogP contribution in [0.25, 0.3) is 0 Å². The van der Waals surface area contributed by atoms with Crippen LogP contribution in [0.2, 0.25) is 0 Å². The molecule has 0 aliphatic carbocycles. The van der Waals surface area contributed by atoms with Crippen LogP contribution >= 0.6 is 0 Å². The Morgan fingerprint density at radius 1 is 1.08 bits per heavy atom. The Kier molecular flexibility index (Phi) is 5.42. The molecule has 0 aromatic heterocycles. The summed E-state index contributed by atoms with van der Waals surface area (Å²) in [5.41, 5.74) is 2.13. The third kappa shape index (κ3) is 3.87. The largest absolute Gasteiger partial charge is 0.497 e. The number of methoxy groups -OCH3 is 1. The van der Waals surface area contributed by atoms with Crippen LogP contribution in [0.4, 0.5) is 0 Å². The number of aliphatic hydroxyl groups excluding tert-OH is 1. The van der Waals surface area contributed by atoms with Gasteiger partial charge in [-0.1, -0.05) is 36.4 Å². The van der Waals surface area contributed by atoms with Crippen molar-refractivity contribution in [1.29, 1.82) is 0 Å². The Morgan fingerprint density at radius 3 is 2.32 bits per heavy atom. The molecule has 3 rings (SSSR count). The van der Waals surface area contributed by atoms with Crippen molar-refractivity contribution in [3.8, 4) is 5.75 Å². The quantitative estimate of drug-likeness (QED) is 0.848. The van der Waals surface area contributed by atoms with Gasteiger partial charge in [0.05, 0.1) is 13.7 Å². The van der Waals surface area contributed by atoms with Gasteiger partial charge in [0.2, 0.25) is 0 Å². The summed E-state index contributed by atoms with van der Waals surface area (Å²) in [5.74, 6) is 0.798. The molecule has 0 amide bonds. The number of aliphatic hydroxyl groups is 2. The highest BCUT2D eigenvalue weighted by Gasteiger charge is 2.40. The van der Waals surface area contributed by atoms with E-state index in [2.05, 4.69) is 17.0 Å². The smallest absolute Gasteiger partial charge is 0.118 e. The lowest BCUT2D eigenvalue weighted by atomic mass is 9.86. The molecule has 1 fully saturated rings. The molecule has 1 aliphatic heterocycles. The molecule has 4 heteroatoms. The fraction of sp³-hybridized carbons (Fsp3) is 0.429. The molecule has 1 heterocycles. The number of benzene rings is 2. The Balaban J connectivity index is 1.76. The van der Waals surface area contributed by atoms with Gasteiger partial charge in [-0.3, -0.25) is 4.90 Å². The van der Waals surface area contributed by atoms with E-state index in [0.717, 1.165) is 42.8 Å². The fourth-order valence-electron chi connectivity index (χ4n) is 3.76. The minimum atomic E-state index is -0.909. The maximum atomic E-state index is 11.3. The topological polar surface area (TPSA) is 52.9 Å². The molecule has 0 unspecified atom stereocenters. The van der Waals surface area contributed by atoms with Crippen LogP contribution in [0.15, 0.2) is 48.5 Å². The van der Waals surface area contributed by atoms with E-state index in [1.54, 1.807) is 7.11 Å². The van der Waals surface area contributed by atoms with Crippen LogP contribution in [-0.4, -0.2) is 34.8 Å². The lowest BCUT2D eigenvalue weighted by molar-refractivity contribution is -0.0254. The van der Waals surface area contributed by atoms with Crippen molar-refractivity contribution >= 4 is 0 Å². The van der Waals surface area contributed by atoms with Gasteiger partial charge in [-0.2, -0.15) is 0 Å². The molecule has 0 spiro atoms. The third-order valence-electron chi connectivity index (χ3n) is 5.28. The van der Waals surface area contributed by atoms with Crippen molar-refractivity contribution in [2.75, 3.05) is 13.7 Å². The zero-order chi connectivity index (χ0) is 17.9. The van der Waals surface area contributed by atoms with E-state index in [1.165, 1.54) is 5.56 Å². The lowest BCUT2D eigenvalue weighted by Gasteiger charge is -2.37. The Morgan fingerprint density at radius 2 is 1.72 bits per heavy atom. The first-order valence-corrected chi connectivity index (χ1v) is 8.84. The Hall–Kier alpha value is -1.88. The summed E-state index contributed by atoms with van der Waals surface area (Å²) in [6.07, 6.45) is 2.07. The molecule has 1 aliphatic rings. The summed E-state index contributed by atoms with van der Waals surface area (Å²) in [5, 5.41) is 20.4. The van der Waals surface area contributed by atoms with Crippen molar-refractivity contribution < 1.29 is 14.9 Å². The number of hydrogen-bond acceptors (Lipinski definition) is 4. The first-order chi connectivity index (χ1) is 12.0. The van der Waals surface area contributed by atoms with E-state index in [4.69, 9.17) is 4.74 Å². The molecule has 2 aromatic carbocycles. The van der Waals surface area contributed by atoms with E-state index in [1.807, 2.05) is 43.3 Å². The second kappa shape index (κ2) is 7.56. The van der Waals surface area contributed by atoms with Crippen molar-refractivity contribution in [2.24, 2.45) is 0 Å². The van der Waals surface area contributed by atoms with Gasteiger partial charge in [0.25, 0.3) is 0 Å². The molecule has 2 atom stereocenters. The maximum absolute atomic E-state index is 11.3. The first kappa shape index (κ1) is 17.9. The van der Waals surface area contributed by atoms with E-state index in [9.17, 15) is 10.2 Å². The highest BCUT2D eigenvalue weighted by molar-refractivity contribution is 5.32. The lowest BCUT2D eigenvalue weighted by Crippen LogP contribution is -2.45. The average Bonchev–Trinajstić information content (AvgIpc) is 3.11. The zero-order valence-corrected chi connectivity index (χ0v) is 15.0. The van der Waals surface area contributed by atoms with E-state index < -0.39 is 5.60 Å². The Bertz CT molecular complexity index is 679. The predicted molar refractivity (Wildman–Crippen MR) is 98.4 cm³/mol. The van der Waals surface area contributed by atoms with Crippen LogP contribution < -0.4 is 4.74 Å². The monoisotopic (exact) mass is 341 g/mol.